The van der Waals surface area contributed by atoms with E-state index in [4.69, 9.17) is 0 Å². The Labute approximate surface area is 417 Å². The van der Waals surface area contributed by atoms with Crippen molar-refractivity contribution >= 4 is 10.1 Å². The van der Waals surface area contributed by atoms with E-state index in [1.165, 1.54) is 308 Å². The van der Waals surface area contributed by atoms with Crippen LogP contribution >= 0.6 is 0 Å². The van der Waals surface area contributed by atoms with Crippen molar-refractivity contribution in [2.45, 2.75) is 354 Å². The maximum Gasteiger partial charge on any atom is 0.116 e. The molecular weight excluding hydrogens is 831 g/mol. The number of rotatable bonds is 58. The molecule has 5 nitrogen and oxygen atoms in total. The lowest BCUT2D eigenvalue weighted by Gasteiger charge is -2.41. The number of hydrogen-bond acceptors (Lipinski definition) is 4. The zero-order chi connectivity index (χ0) is 48.2. The zero-order valence-electron chi connectivity index (χ0n) is 45.7. The Balaban J connectivity index is 4.77. The highest BCUT2D eigenvalue weighted by Gasteiger charge is 2.30. The first-order chi connectivity index (χ1) is 32.3. The lowest BCUT2D eigenvalue weighted by Crippen LogP contribution is -2.55. The first-order valence-electron chi connectivity index (χ1n) is 30.7. The first kappa shape index (κ1) is 65.8. The van der Waals surface area contributed by atoms with Crippen molar-refractivity contribution in [3.8, 4) is 0 Å². The summed E-state index contributed by atoms with van der Waals surface area (Å²) in [5, 5.41) is 11.1. The Morgan fingerprint density at radius 3 is 0.606 bits per heavy atom. The lowest BCUT2D eigenvalue weighted by molar-refractivity contribution is -0.931. The summed E-state index contributed by atoms with van der Waals surface area (Å²) in [5.74, 6) is -0.649. The summed E-state index contributed by atoms with van der Waals surface area (Å²) >= 11 is 0. The van der Waals surface area contributed by atoms with Gasteiger partial charge in [0.05, 0.1) is 35.5 Å². The van der Waals surface area contributed by atoms with Crippen molar-refractivity contribution < 1.29 is 22.6 Å². The Kier molecular flexibility index (Phi) is 52.5. The molecule has 0 rings (SSSR count). The van der Waals surface area contributed by atoms with E-state index >= 15 is 0 Å². The Morgan fingerprint density at radius 1 is 0.303 bits per heavy atom. The minimum Gasteiger partial charge on any atom is -0.748 e. The first-order valence-corrected chi connectivity index (χ1v) is 32.3. The van der Waals surface area contributed by atoms with Gasteiger partial charge in [-0.15, -0.1) is 0 Å². The van der Waals surface area contributed by atoms with Gasteiger partial charge in [-0.05, 0) is 38.5 Å². The molecular formula is C60H123NO4S. The van der Waals surface area contributed by atoms with Crippen LogP contribution in [0.3, 0.4) is 0 Å². The van der Waals surface area contributed by atoms with Gasteiger partial charge in [-0.2, -0.15) is 0 Å². The average molecular weight is 955 g/mol. The number of aliphatic hydroxyl groups is 1. The van der Waals surface area contributed by atoms with Crippen LogP contribution in [0, 0.1) is 0 Å². The molecule has 0 fully saturated rings. The molecule has 0 amide bonds. The highest BCUT2D eigenvalue weighted by atomic mass is 32.2. The third-order valence-corrected chi connectivity index (χ3v) is 16.0. The molecule has 1 N–H and O–H groups in total. The second-order valence-electron chi connectivity index (χ2n) is 22.0. The molecule has 6 heteroatoms. The van der Waals surface area contributed by atoms with Gasteiger partial charge in [0.25, 0.3) is 0 Å². The van der Waals surface area contributed by atoms with Crippen LogP contribution < -0.4 is 0 Å². The summed E-state index contributed by atoms with van der Waals surface area (Å²) in [4.78, 5) is 0. The summed E-state index contributed by atoms with van der Waals surface area (Å²) in [6.45, 7) is 10.3. The van der Waals surface area contributed by atoms with Crippen molar-refractivity contribution in [1.29, 1.82) is 0 Å². The molecule has 0 aliphatic heterocycles. The summed E-state index contributed by atoms with van der Waals surface area (Å²) in [6.07, 6.45) is 68.3. The SMILES string of the molecule is CCCCCCCCCCCCCCCCCCC[N+](CCCCCCCCCCCCCCCCCCC)(CCCCCCCCCCCCCCCCCCC)CC(O)CS(=O)(=O)[O-]. The highest BCUT2D eigenvalue weighted by molar-refractivity contribution is 7.85. The highest BCUT2D eigenvalue weighted by Crippen LogP contribution is 2.22. The lowest BCUT2D eigenvalue weighted by atomic mass is 10.0. The molecule has 0 bridgehead atoms. The van der Waals surface area contributed by atoms with Gasteiger partial charge < -0.3 is 14.1 Å². The van der Waals surface area contributed by atoms with Gasteiger partial charge in [-0.25, -0.2) is 8.42 Å². The molecule has 0 radical (unpaired) electrons. The molecule has 398 valence electrons. The third-order valence-electron chi connectivity index (χ3n) is 15.2. The van der Waals surface area contributed by atoms with Gasteiger partial charge in [0.2, 0.25) is 0 Å². The van der Waals surface area contributed by atoms with E-state index in [1.54, 1.807) is 0 Å². The molecule has 0 heterocycles. The van der Waals surface area contributed by atoms with Crippen LogP contribution in [0.25, 0.3) is 0 Å². The van der Waals surface area contributed by atoms with E-state index in [9.17, 15) is 18.1 Å². The largest absolute Gasteiger partial charge is 0.748 e. The fraction of sp³-hybridized carbons (Fsp3) is 1.00. The monoisotopic (exact) mass is 954 g/mol. The Morgan fingerprint density at radius 2 is 0.455 bits per heavy atom. The van der Waals surface area contributed by atoms with Crippen molar-refractivity contribution in [1.82, 2.24) is 0 Å². The van der Waals surface area contributed by atoms with E-state index in [2.05, 4.69) is 20.8 Å². The molecule has 0 aromatic heterocycles. The number of aliphatic hydroxyl groups excluding tert-OH is 1. The Hall–Kier alpha value is -0.170. The van der Waals surface area contributed by atoms with Gasteiger partial charge in [-0.1, -0.05) is 310 Å². The number of unbranched alkanes of at least 4 members (excludes halogenated alkanes) is 48. The molecule has 1 atom stereocenters. The van der Waals surface area contributed by atoms with E-state index in [0.717, 1.165) is 43.4 Å². The number of hydrogen-bond donors (Lipinski definition) is 1. The van der Waals surface area contributed by atoms with Gasteiger partial charge in [0, 0.05) is 0 Å². The molecule has 0 aliphatic rings. The molecule has 0 saturated carbocycles. The van der Waals surface area contributed by atoms with E-state index in [-0.39, 0.29) is 0 Å². The smallest absolute Gasteiger partial charge is 0.116 e. The maximum absolute atomic E-state index is 11.8. The van der Waals surface area contributed by atoms with Crippen LogP contribution in [0.5, 0.6) is 0 Å². The van der Waals surface area contributed by atoms with Crippen molar-refractivity contribution in [3.63, 3.8) is 0 Å². The van der Waals surface area contributed by atoms with Crippen LogP contribution in [0.15, 0.2) is 0 Å². The molecule has 0 aliphatic carbocycles. The van der Waals surface area contributed by atoms with Crippen molar-refractivity contribution in [2.24, 2.45) is 0 Å². The molecule has 0 saturated heterocycles. The van der Waals surface area contributed by atoms with Gasteiger partial charge in [0.15, 0.2) is 0 Å². The number of nitrogens with zero attached hydrogens (tertiary/aromatic N) is 1. The normalized spacial score (nSPS) is 12.7. The molecule has 0 aromatic rings. The van der Waals surface area contributed by atoms with Gasteiger partial charge in [-0.3, -0.25) is 0 Å². The maximum atomic E-state index is 11.8. The van der Waals surface area contributed by atoms with E-state index in [1.807, 2.05) is 0 Å². The van der Waals surface area contributed by atoms with Crippen LogP contribution in [0.1, 0.15) is 348 Å². The predicted molar refractivity (Wildman–Crippen MR) is 293 cm³/mol. The van der Waals surface area contributed by atoms with Crippen LogP contribution in [-0.2, 0) is 10.1 Å². The topological polar surface area (TPSA) is 77.4 Å². The second-order valence-corrected chi connectivity index (χ2v) is 23.5. The fourth-order valence-corrected chi connectivity index (χ4v) is 11.4. The van der Waals surface area contributed by atoms with Crippen LogP contribution in [-0.4, -0.2) is 60.6 Å². The molecule has 0 aromatic carbocycles. The zero-order valence-corrected chi connectivity index (χ0v) is 46.5. The summed E-state index contributed by atoms with van der Waals surface area (Å²) in [6, 6.07) is 0. The average Bonchev–Trinajstić information content (AvgIpc) is 3.28. The minimum absolute atomic E-state index is 0.415. The van der Waals surface area contributed by atoms with Crippen LogP contribution in [0.4, 0.5) is 0 Å². The molecule has 1 unspecified atom stereocenters. The second kappa shape index (κ2) is 52.6. The van der Waals surface area contributed by atoms with Crippen molar-refractivity contribution in [2.75, 3.05) is 31.9 Å². The van der Waals surface area contributed by atoms with Gasteiger partial charge in [0.1, 0.15) is 12.6 Å². The number of quaternary nitrogens is 1. The standard InChI is InChI=1S/C60H123NO4S/c1-4-7-10-13-16-19-22-25-28-31-34-37-40-43-46-49-52-55-61(58-60(62)59-66(63,64)65,56-53-50-47-44-41-38-35-32-29-26-23-20-17-14-11-8-5-2)57-54-51-48-45-42-39-36-33-30-27-24-21-18-15-12-9-6-3/h60,62H,4-59H2,1-3H3. The fourth-order valence-electron chi connectivity index (χ4n) is 10.9. The van der Waals surface area contributed by atoms with E-state index in [0.29, 0.717) is 6.54 Å². The molecule has 0 spiro atoms. The summed E-state index contributed by atoms with van der Waals surface area (Å²) in [5.41, 5.74) is 0. The predicted octanol–water partition coefficient (Wildman–Crippen LogP) is 19.7. The minimum atomic E-state index is -4.46. The summed E-state index contributed by atoms with van der Waals surface area (Å²) < 4.78 is 36.1. The third kappa shape index (κ3) is 51.7. The molecule has 66 heavy (non-hydrogen) atoms. The quantitative estimate of drug-likeness (QED) is 0.0374. The Bertz CT molecular complexity index is 927. The van der Waals surface area contributed by atoms with Crippen LogP contribution in [0.2, 0.25) is 0 Å². The van der Waals surface area contributed by atoms with Crippen molar-refractivity contribution in [3.05, 3.63) is 0 Å². The summed E-state index contributed by atoms with van der Waals surface area (Å²) in [7, 11) is -4.46. The van der Waals surface area contributed by atoms with E-state index < -0.39 is 22.0 Å². The van der Waals surface area contributed by atoms with Gasteiger partial charge >= 0.3 is 0 Å².